The van der Waals surface area contributed by atoms with Crippen molar-refractivity contribution in [3.8, 4) is 40.2 Å². The smallest absolute Gasteiger partial charge is 0.208 e. The molecule has 4 rings (SSSR count). The number of rotatable bonds is 15. The monoisotopic (exact) mass is 584 g/mol. The SMILES string of the molecule is COCOC[C@H]1Oc2c(c(OC)cc(C(C)=O)c2OCc2ccccc2)O[C@@H]1c1cc(OC)c(OCOC)c(OC)c1. The fourth-order valence-corrected chi connectivity index (χ4v) is 4.50. The quantitative estimate of drug-likeness (QED) is 0.137. The van der Waals surface area contributed by atoms with Crippen LogP contribution in [0.2, 0.25) is 0 Å². The lowest BCUT2D eigenvalue weighted by molar-refractivity contribution is -0.0880. The summed E-state index contributed by atoms with van der Waals surface area (Å²) in [4.78, 5) is 12.7. The van der Waals surface area contributed by atoms with E-state index in [1.165, 1.54) is 42.5 Å². The summed E-state index contributed by atoms with van der Waals surface area (Å²) in [5, 5.41) is 0. The molecule has 1 aliphatic rings. The van der Waals surface area contributed by atoms with Gasteiger partial charge in [-0.15, -0.1) is 0 Å². The minimum atomic E-state index is -0.729. The summed E-state index contributed by atoms with van der Waals surface area (Å²) in [6, 6.07) is 14.7. The maximum atomic E-state index is 12.7. The first-order chi connectivity index (χ1) is 20.4. The van der Waals surface area contributed by atoms with Gasteiger partial charge in [0.25, 0.3) is 0 Å². The number of carbonyl (C=O) groups excluding carboxylic acids is 1. The Balaban J connectivity index is 1.81. The number of hydrogen-bond donors (Lipinski definition) is 0. The molecule has 2 atom stereocenters. The molecule has 0 aliphatic carbocycles. The Bertz CT molecular complexity index is 1320. The van der Waals surface area contributed by atoms with Gasteiger partial charge >= 0.3 is 0 Å². The van der Waals surface area contributed by atoms with E-state index in [1.54, 1.807) is 18.2 Å². The van der Waals surface area contributed by atoms with Crippen LogP contribution in [0.15, 0.2) is 48.5 Å². The summed E-state index contributed by atoms with van der Waals surface area (Å²) in [5.74, 6) is 2.01. The molecular formula is C31H36O11. The largest absolute Gasteiger partial charge is 0.493 e. The van der Waals surface area contributed by atoms with E-state index in [2.05, 4.69) is 0 Å². The molecule has 0 radical (unpaired) electrons. The summed E-state index contributed by atoms with van der Waals surface area (Å²) in [6.45, 7) is 1.76. The van der Waals surface area contributed by atoms with Crippen molar-refractivity contribution in [1.82, 2.24) is 0 Å². The van der Waals surface area contributed by atoms with Crippen molar-refractivity contribution in [2.24, 2.45) is 0 Å². The average Bonchev–Trinajstić information content (AvgIpc) is 3.02. The topological polar surface area (TPSA) is 109 Å². The number of fused-ring (bicyclic) bond motifs is 1. The molecule has 11 nitrogen and oxygen atoms in total. The second-order valence-electron chi connectivity index (χ2n) is 9.22. The molecular weight excluding hydrogens is 548 g/mol. The van der Waals surface area contributed by atoms with Crippen LogP contribution in [0, 0.1) is 0 Å². The van der Waals surface area contributed by atoms with E-state index in [-0.39, 0.29) is 49.8 Å². The van der Waals surface area contributed by atoms with Gasteiger partial charge in [-0.2, -0.15) is 0 Å². The Labute approximate surface area is 245 Å². The number of methoxy groups -OCH3 is 5. The van der Waals surface area contributed by atoms with Crippen molar-refractivity contribution < 1.29 is 52.2 Å². The number of ether oxygens (including phenoxy) is 10. The maximum absolute atomic E-state index is 12.7. The van der Waals surface area contributed by atoms with Gasteiger partial charge in [0, 0.05) is 19.8 Å². The zero-order chi connectivity index (χ0) is 30.1. The second-order valence-corrected chi connectivity index (χ2v) is 9.22. The normalized spacial score (nSPS) is 15.6. The van der Waals surface area contributed by atoms with E-state index in [1.807, 2.05) is 30.3 Å². The molecule has 0 spiro atoms. The molecule has 0 aromatic heterocycles. The fraction of sp³-hybridized carbons (Fsp3) is 0.387. The molecule has 1 heterocycles. The molecule has 0 unspecified atom stereocenters. The predicted octanol–water partition coefficient (Wildman–Crippen LogP) is 4.98. The van der Waals surface area contributed by atoms with Gasteiger partial charge in [0.2, 0.25) is 17.2 Å². The number of benzene rings is 3. The lowest BCUT2D eigenvalue weighted by atomic mass is 10.0. The van der Waals surface area contributed by atoms with Crippen LogP contribution < -0.4 is 33.2 Å². The van der Waals surface area contributed by atoms with E-state index in [0.29, 0.717) is 34.1 Å². The molecule has 0 fully saturated rings. The van der Waals surface area contributed by atoms with Gasteiger partial charge in [-0.1, -0.05) is 30.3 Å². The molecule has 0 amide bonds. The Kier molecular flexibility index (Phi) is 10.7. The summed E-state index contributed by atoms with van der Waals surface area (Å²) in [6.07, 6.45) is -1.44. The van der Waals surface area contributed by atoms with Gasteiger partial charge in [-0.05, 0) is 30.7 Å². The minimum Gasteiger partial charge on any atom is -0.493 e. The van der Waals surface area contributed by atoms with Crippen molar-refractivity contribution in [2.75, 3.05) is 55.7 Å². The predicted molar refractivity (Wildman–Crippen MR) is 151 cm³/mol. The lowest BCUT2D eigenvalue weighted by Crippen LogP contribution is -2.37. The van der Waals surface area contributed by atoms with Crippen molar-refractivity contribution in [3.05, 3.63) is 65.2 Å². The van der Waals surface area contributed by atoms with Crippen molar-refractivity contribution in [1.29, 1.82) is 0 Å². The highest BCUT2D eigenvalue weighted by Gasteiger charge is 2.39. The maximum Gasteiger partial charge on any atom is 0.208 e. The Morgan fingerprint density at radius 2 is 1.43 bits per heavy atom. The summed E-state index contributed by atoms with van der Waals surface area (Å²) in [7, 11) is 7.58. The van der Waals surface area contributed by atoms with E-state index in [9.17, 15) is 4.79 Å². The molecule has 11 heteroatoms. The van der Waals surface area contributed by atoms with Crippen molar-refractivity contribution in [3.63, 3.8) is 0 Å². The van der Waals surface area contributed by atoms with Crippen LogP contribution in [-0.2, 0) is 20.8 Å². The molecule has 0 N–H and O–H groups in total. The molecule has 3 aromatic rings. The van der Waals surface area contributed by atoms with Crippen molar-refractivity contribution >= 4 is 5.78 Å². The Morgan fingerprint density at radius 3 is 2.02 bits per heavy atom. The Morgan fingerprint density at radius 1 is 0.762 bits per heavy atom. The molecule has 0 saturated heterocycles. The summed E-state index contributed by atoms with van der Waals surface area (Å²) >= 11 is 0. The van der Waals surface area contributed by atoms with Gasteiger partial charge in [0.1, 0.15) is 13.4 Å². The molecule has 1 aliphatic heterocycles. The van der Waals surface area contributed by atoms with E-state index < -0.39 is 12.2 Å². The highest BCUT2D eigenvalue weighted by molar-refractivity contribution is 5.99. The molecule has 0 saturated carbocycles. The first kappa shape index (κ1) is 30.8. The fourth-order valence-electron chi connectivity index (χ4n) is 4.50. The van der Waals surface area contributed by atoms with Crippen LogP contribution >= 0.6 is 0 Å². The van der Waals surface area contributed by atoms with E-state index in [4.69, 9.17) is 47.4 Å². The standard InChI is InChI=1S/C31H36O11/c1-19(32)22-14-25(37-6)30-31(28(22)39-15-20-10-8-7-9-11-20)41-26(16-38-17-33-2)27(42-30)21-12-23(35-4)29(40-18-34-3)24(13-21)36-5/h7-14,26-27H,15-18H2,1-6H3/t26-,27-/m1/s1. The highest BCUT2D eigenvalue weighted by atomic mass is 16.7. The van der Waals surface area contributed by atoms with Gasteiger partial charge in [-0.25, -0.2) is 0 Å². The van der Waals surface area contributed by atoms with Crippen molar-refractivity contribution in [2.45, 2.75) is 25.7 Å². The minimum absolute atomic E-state index is 0.00258. The second kappa shape index (κ2) is 14.6. The average molecular weight is 585 g/mol. The first-order valence-corrected chi connectivity index (χ1v) is 13.2. The molecule has 3 aromatic carbocycles. The van der Waals surface area contributed by atoms with Crippen LogP contribution in [0.25, 0.3) is 0 Å². The molecule has 0 bridgehead atoms. The van der Waals surface area contributed by atoms with Crippen LogP contribution in [-0.4, -0.2) is 67.6 Å². The van der Waals surface area contributed by atoms with Crippen LogP contribution in [0.5, 0.6) is 40.2 Å². The number of Topliss-reactive ketones (excluding diaryl/α,β-unsaturated/α-hetero) is 1. The molecule has 226 valence electrons. The third kappa shape index (κ3) is 6.81. The van der Waals surface area contributed by atoms with Gasteiger partial charge in [-0.3, -0.25) is 4.79 Å². The number of hydrogen-bond acceptors (Lipinski definition) is 11. The first-order valence-electron chi connectivity index (χ1n) is 13.2. The van der Waals surface area contributed by atoms with Gasteiger partial charge in [0.05, 0.1) is 33.5 Å². The number of carbonyl (C=O) groups is 1. The van der Waals surface area contributed by atoms with Crippen LogP contribution in [0.4, 0.5) is 0 Å². The summed E-state index contributed by atoms with van der Waals surface area (Å²) in [5.41, 5.74) is 1.86. The van der Waals surface area contributed by atoms with Crippen LogP contribution in [0.3, 0.4) is 0 Å². The van der Waals surface area contributed by atoms with E-state index in [0.717, 1.165) is 5.56 Å². The molecule has 42 heavy (non-hydrogen) atoms. The zero-order valence-corrected chi connectivity index (χ0v) is 24.6. The van der Waals surface area contributed by atoms with E-state index >= 15 is 0 Å². The number of ketones is 1. The van der Waals surface area contributed by atoms with Gasteiger partial charge < -0.3 is 47.4 Å². The van der Waals surface area contributed by atoms with Gasteiger partial charge in [0.15, 0.2) is 47.8 Å². The summed E-state index contributed by atoms with van der Waals surface area (Å²) < 4.78 is 57.8. The lowest BCUT2D eigenvalue weighted by Gasteiger charge is -2.36. The highest BCUT2D eigenvalue weighted by Crippen LogP contribution is 2.53. The van der Waals surface area contributed by atoms with Crippen LogP contribution in [0.1, 0.15) is 34.5 Å². The zero-order valence-electron chi connectivity index (χ0n) is 24.6. The third-order valence-electron chi connectivity index (χ3n) is 6.45. The Hall–Kier alpha value is -4.19. The third-order valence-corrected chi connectivity index (χ3v) is 6.45.